The smallest absolute Gasteiger partial charge is 0.224 e. The van der Waals surface area contributed by atoms with Gasteiger partial charge in [-0.05, 0) is 27.2 Å². The Labute approximate surface area is 98.9 Å². The highest BCUT2D eigenvalue weighted by molar-refractivity contribution is 5.78. The summed E-state index contributed by atoms with van der Waals surface area (Å²) >= 11 is 0. The van der Waals surface area contributed by atoms with E-state index in [4.69, 9.17) is 10.5 Å². The molecule has 0 aliphatic heterocycles. The molecule has 0 aliphatic rings. The molecule has 0 bridgehead atoms. The number of rotatable bonds is 8. The van der Waals surface area contributed by atoms with Crippen LogP contribution in [0.1, 0.15) is 40.5 Å². The van der Waals surface area contributed by atoms with Crippen LogP contribution in [0.3, 0.4) is 0 Å². The van der Waals surface area contributed by atoms with Crippen molar-refractivity contribution in [1.82, 2.24) is 5.32 Å². The molecule has 0 aromatic heterocycles. The number of amides is 1. The molecule has 0 heterocycles. The Morgan fingerprint density at radius 3 is 2.50 bits per heavy atom. The average molecular weight is 230 g/mol. The zero-order valence-corrected chi connectivity index (χ0v) is 11.0. The van der Waals surface area contributed by atoms with E-state index < -0.39 is 0 Å². The molecule has 16 heavy (non-hydrogen) atoms. The van der Waals surface area contributed by atoms with E-state index in [1.165, 1.54) is 0 Å². The summed E-state index contributed by atoms with van der Waals surface area (Å²) < 4.78 is 5.51. The highest BCUT2D eigenvalue weighted by Crippen LogP contribution is 2.09. The quantitative estimate of drug-likeness (QED) is 0.660. The molecule has 0 saturated carbocycles. The normalized spacial score (nSPS) is 13.6. The van der Waals surface area contributed by atoms with E-state index in [9.17, 15) is 4.79 Å². The number of ether oxygens (including phenoxy) is 1. The first-order valence-electron chi connectivity index (χ1n) is 6.08. The Balaban J connectivity index is 4.04. The second kappa shape index (κ2) is 7.63. The highest BCUT2D eigenvalue weighted by atomic mass is 16.5. The van der Waals surface area contributed by atoms with Crippen molar-refractivity contribution >= 4 is 5.91 Å². The lowest BCUT2D eigenvalue weighted by Crippen LogP contribution is -2.44. The van der Waals surface area contributed by atoms with Crippen LogP contribution in [0.4, 0.5) is 0 Å². The van der Waals surface area contributed by atoms with E-state index in [1.807, 2.05) is 20.8 Å². The van der Waals surface area contributed by atoms with Crippen molar-refractivity contribution in [2.45, 2.75) is 46.1 Å². The fraction of sp³-hybridized carbons (Fsp3) is 0.917. The standard InChI is InChI=1S/C12H26N2O2/c1-5-7-10(8-13)11(15)14-9-12(3,4)16-6-2/h10H,5-9,13H2,1-4H3,(H,14,15). The van der Waals surface area contributed by atoms with Crippen LogP contribution in [0.2, 0.25) is 0 Å². The van der Waals surface area contributed by atoms with Gasteiger partial charge in [0.1, 0.15) is 0 Å². The molecular weight excluding hydrogens is 204 g/mol. The molecule has 0 radical (unpaired) electrons. The molecule has 4 nitrogen and oxygen atoms in total. The third-order valence-corrected chi connectivity index (χ3v) is 2.52. The van der Waals surface area contributed by atoms with Gasteiger partial charge in [-0.25, -0.2) is 0 Å². The van der Waals surface area contributed by atoms with Gasteiger partial charge >= 0.3 is 0 Å². The van der Waals surface area contributed by atoms with Gasteiger partial charge in [0.05, 0.1) is 11.5 Å². The molecule has 1 unspecified atom stereocenters. The van der Waals surface area contributed by atoms with E-state index in [-0.39, 0.29) is 17.4 Å². The zero-order valence-electron chi connectivity index (χ0n) is 11.0. The van der Waals surface area contributed by atoms with E-state index >= 15 is 0 Å². The van der Waals surface area contributed by atoms with Crippen LogP contribution in [0.15, 0.2) is 0 Å². The van der Waals surface area contributed by atoms with Gasteiger partial charge in [-0.15, -0.1) is 0 Å². The largest absolute Gasteiger partial charge is 0.374 e. The lowest BCUT2D eigenvalue weighted by Gasteiger charge is -2.26. The van der Waals surface area contributed by atoms with E-state index in [1.54, 1.807) is 0 Å². The van der Waals surface area contributed by atoms with Crippen molar-refractivity contribution in [3.8, 4) is 0 Å². The maximum Gasteiger partial charge on any atom is 0.224 e. The van der Waals surface area contributed by atoms with E-state index in [2.05, 4.69) is 12.2 Å². The lowest BCUT2D eigenvalue weighted by atomic mass is 10.0. The van der Waals surface area contributed by atoms with Crippen molar-refractivity contribution < 1.29 is 9.53 Å². The minimum atomic E-state index is -0.310. The Bertz CT molecular complexity index is 205. The number of hydrogen-bond donors (Lipinski definition) is 2. The molecule has 3 N–H and O–H groups in total. The minimum Gasteiger partial charge on any atom is -0.374 e. The minimum absolute atomic E-state index is 0.0390. The van der Waals surface area contributed by atoms with Gasteiger partial charge in [0.2, 0.25) is 5.91 Å². The van der Waals surface area contributed by atoms with Gasteiger partial charge in [-0.1, -0.05) is 13.3 Å². The maximum atomic E-state index is 11.8. The third-order valence-electron chi connectivity index (χ3n) is 2.52. The second-order valence-electron chi connectivity index (χ2n) is 4.63. The topological polar surface area (TPSA) is 64.4 Å². The second-order valence-corrected chi connectivity index (χ2v) is 4.63. The average Bonchev–Trinajstić information content (AvgIpc) is 2.22. The fourth-order valence-corrected chi connectivity index (χ4v) is 1.59. The van der Waals surface area contributed by atoms with Crippen LogP contribution in [-0.4, -0.2) is 31.2 Å². The van der Waals surface area contributed by atoms with Crippen LogP contribution < -0.4 is 11.1 Å². The summed E-state index contributed by atoms with van der Waals surface area (Å²) in [6.07, 6.45) is 1.82. The summed E-state index contributed by atoms with van der Waals surface area (Å²) in [4.78, 5) is 11.8. The van der Waals surface area contributed by atoms with Gasteiger partial charge in [0.15, 0.2) is 0 Å². The van der Waals surface area contributed by atoms with Crippen LogP contribution in [0.5, 0.6) is 0 Å². The Morgan fingerprint density at radius 2 is 2.06 bits per heavy atom. The zero-order chi connectivity index (χ0) is 12.6. The summed E-state index contributed by atoms with van der Waals surface area (Å²) in [5.41, 5.74) is 5.26. The van der Waals surface area contributed by atoms with E-state index in [0.717, 1.165) is 12.8 Å². The molecule has 0 aromatic carbocycles. The summed E-state index contributed by atoms with van der Waals surface area (Å²) in [5.74, 6) is -0.0282. The van der Waals surface area contributed by atoms with Crippen molar-refractivity contribution in [2.75, 3.05) is 19.7 Å². The van der Waals surface area contributed by atoms with Crippen molar-refractivity contribution in [3.63, 3.8) is 0 Å². The van der Waals surface area contributed by atoms with Crippen molar-refractivity contribution in [1.29, 1.82) is 0 Å². The molecule has 0 fully saturated rings. The summed E-state index contributed by atoms with van der Waals surface area (Å²) in [6, 6.07) is 0. The van der Waals surface area contributed by atoms with Crippen LogP contribution in [-0.2, 0) is 9.53 Å². The molecular formula is C12H26N2O2. The predicted molar refractivity (Wildman–Crippen MR) is 66.2 cm³/mol. The van der Waals surface area contributed by atoms with Gasteiger partial charge in [0.25, 0.3) is 0 Å². The van der Waals surface area contributed by atoms with Gasteiger partial charge < -0.3 is 15.8 Å². The van der Waals surface area contributed by atoms with Crippen LogP contribution in [0.25, 0.3) is 0 Å². The van der Waals surface area contributed by atoms with Gasteiger partial charge in [-0.2, -0.15) is 0 Å². The number of hydrogen-bond acceptors (Lipinski definition) is 3. The highest BCUT2D eigenvalue weighted by Gasteiger charge is 2.21. The SMILES string of the molecule is CCCC(CN)C(=O)NCC(C)(C)OCC. The van der Waals surface area contributed by atoms with Gasteiger partial charge in [-0.3, -0.25) is 4.79 Å². The van der Waals surface area contributed by atoms with Crippen molar-refractivity contribution in [2.24, 2.45) is 11.7 Å². The molecule has 96 valence electrons. The summed E-state index contributed by atoms with van der Waals surface area (Å²) in [5, 5.41) is 2.90. The van der Waals surface area contributed by atoms with Crippen molar-refractivity contribution in [3.05, 3.63) is 0 Å². The number of carbonyl (C=O) groups excluding carboxylic acids is 1. The molecule has 0 spiro atoms. The first-order valence-corrected chi connectivity index (χ1v) is 6.08. The predicted octanol–water partition coefficient (Wildman–Crippen LogP) is 1.29. The van der Waals surface area contributed by atoms with Crippen LogP contribution in [0, 0.1) is 5.92 Å². The molecule has 0 rings (SSSR count). The third kappa shape index (κ3) is 6.08. The lowest BCUT2D eigenvalue weighted by molar-refractivity contribution is -0.126. The molecule has 0 saturated heterocycles. The molecule has 0 aliphatic carbocycles. The first-order chi connectivity index (χ1) is 7.46. The van der Waals surface area contributed by atoms with Gasteiger partial charge in [0, 0.05) is 19.7 Å². The molecule has 1 atom stereocenters. The first kappa shape index (κ1) is 15.4. The fourth-order valence-electron chi connectivity index (χ4n) is 1.59. The summed E-state index contributed by atoms with van der Waals surface area (Å²) in [7, 11) is 0. The number of nitrogens with two attached hydrogens (primary N) is 1. The summed E-state index contributed by atoms with van der Waals surface area (Å²) in [6.45, 7) is 9.53. The Morgan fingerprint density at radius 1 is 1.44 bits per heavy atom. The Kier molecular flexibility index (Phi) is 7.34. The monoisotopic (exact) mass is 230 g/mol. The molecule has 0 aromatic rings. The molecule has 1 amide bonds. The number of nitrogens with one attached hydrogen (secondary N) is 1. The maximum absolute atomic E-state index is 11.8. The molecule has 4 heteroatoms. The van der Waals surface area contributed by atoms with Crippen LogP contribution >= 0.6 is 0 Å². The van der Waals surface area contributed by atoms with E-state index in [0.29, 0.717) is 19.7 Å². The Hall–Kier alpha value is -0.610. The number of carbonyl (C=O) groups is 1.